The minimum Gasteiger partial charge on any atom is -0.339 e. The highest BCUT2D eigenvalue weighted by molar-refractivity contribution is 5.95. The lowest BCUT2D eigenvalue weighted by Gasteiger charge is -2.20. The predicted molar refractivity (Wildman–Crippen MR) is 88.9 cm³/mol. The van der Waals surface area contributed by atoms with E-state index in [1.807, 2.05) is 13.8 Å². The number of rotatable bonds is 5. The number of nitrogens with zero attached hydrogens (tertiary/aromatic N) is 3. The van der Waals surface area contributed by atoms with Gasteiger partial charge < -0.3 is 15.2 Å². The standard InChI is InChI=1S/C16H24N6O/c1-4-10(5-2)16(23)20-12-8-17-21-14(12)15-18-11-6-7-22(3)9-13(11)19-15/h8,10H,4-7,9H2,1-3H3,(H,17,21)(H,18,19)(H,20,23). The molecule has 1 aliphatic heterocycles. The van der Waals surface area contributed by atoms with E-state index in [4.69, 9.17) is 0 Å². The number of likely N-dealkylation sites (N-methyl/N-ethyl adjacent to an activating group) is 1. The third-order valence-corrected chi connectivity index (χ3v) is 4.51. The van der Waals surface area contributed by atoms with E-state index in [-0.39, 0.29) is 11.8 Å². The molecule has 124 valence electrons. The topological polar surface area (TPSA) is 89.7 Å². The zero-order chi connectivity index (χ0) is 16.4. The molecule has 0 fully saturated rings. The van der Waals surface area contributed by atoms with Crippen molar-refractivity contribution < 1.29 is 4.79 Å². The highest BCUT2D eigenvalue weighted by atomic mass is 16.1. The molecular weight excluding hydrogens is 292 g/mol. The van der Waals surface area contributed by atoms with Gasteiger partial charge in [0.1, 0.15) is 5.69 Å². The monoisotopic (exact) mass is 316 g/mol. The average Bonchev–Trinajstić information content (AvgIpc) is 3.14. The van der Waals surface area contributed by atoms with Crippen LogP contribution in [0.4, 0.5) is 5.69 Å². The molecule has 7 nitrogen and oxygen atoms in total. The van der Waals surface area contributed by atoms with E-state index in [2.05, 4.69) is 37.4 Å². The molecule has 0 atom stereocenters. The maximum absolute atomic E-state index is 12.3. The predicted octanol–water partition coefficient (Wildman–Crippen LogP) is 2.16. The Balaban J connectivity index is 1.83. The minimum atomic E-state index is 0.0243. The van der Waals surface area contributed by atoms with Crippen molar-refractivity contribution in [1.29, 1.82) is 0 Å². The molecule has 1 aliphatic rings. The van der Waals surface area contributed by atoms with Gasteiger partial charge >= 0.3 is 0 Å². The molecule has 0 unspecified atom stereocenters. The Hall–Kier alpha value is -2.15. The van der Waals surface area contributed by atoms with Crippen molar-refractivity contribution >= 4 is 11.6 Å². The minimum absolute atomic E-state index is 0.0243. The molecule has 2 aromatic heterocycles. The summed E-state index contributed by atoms with van der Waals surface area (Å²) in [5.74, 6) is 0.799. The number of aromatic nitrogens is 4. The molecule has 0 saturated heterocycles. The summed E-state index contributed by atoms with van der Waals surface area (Å²) >= 11 is 0. The van der Waals surface area contributed by atoms with Crippen molar-refractivity contribution in [2.45, 2.75) is 39.7 Å². The fraction of sp³-hybridized carbons (Fsp3) is 0.562. The third-order valence-electron chi connectivity index (χ3n) is 4.51. The molecular formula is C16H24N6O. The number of hydrogen-bond acceptors (Lipinski definition) is 4. The summed E-state index contributed by atoms with van der Waals surface area (Å²) in [4.78, 5) is 22.6. The van der Waals surface area contributed by atoms with Crippen LogP contribution in [-0.4, -0.2) is 44.6 Å². The number of anilines is 1. The summed E-state index contributed by atoms with van der Waals surface area (Å²) in [6, 6.07) is 0. The zero-order valence-corrected chi connectivity index (χ0v) is 13.9. The summed E-state index contributed by atoms with van der Waals surface area (Å²) in [6.45, 7) is 5.94. The van der Waals surface area contributed by atoms with Crippen LogP contribution >= 0.6 is 0 Å². The van der Waals surface area contributed by atoms with Crippen LogP contribution < -0.4 is 5.32 Å². The van der Waals surface area contributed by atoms with Crippen LogP contribution in [0, 0.1) is 5.92 Å². The van der Waals surface area contributed by atoms with Gasteiger partial charge in [-0.3, -0.25) is 9.89 Å². The van der Waals surface area contributed by atoms with Crippen molar-refractivity contribution in [2.75, 3.05) is 18.9 Å². The Labute approximate surface area is 135 Å². The van der Waals surface area contributed by atoms with Gasteiger partial charge in [0.15, 0.2) is 5.82 Å². The first-order valence-corrected chi connectivity index (χ1v) is 8.23. The molecule has 0 saturated carbocycles. The number of aromatic amines is 2. The number of carbonyl (C=O) groups excluding carboxylic acids is 1. The Morgan fingerprint density at radius 1 is 1.43 bits per heavy atom. The Morgan fingerprint density at radius 2 is 2.22 bits per heavy atom. The number of fused-ring (bicyclic) bond motifs is 1. The molecule has 3 N–H and O–H groups in total. The fourth-order valence-electron chi connectivity index (χ4n) is 3.00. The van der Waals surface area contributed by atoms with Gasteiger partial charge in [-0.15, -0.1) is 0 Å². The Morgan fingerprint density at radius 3 is 2.96 bits per heavy atom. The molecule has 0 aromatic carbocycles. The van der Waals surface area contributed by atoms with Gasteiger partial charge in [-0.2, -0.15) is 5.10 Å². The van der Waals surface area contributed by atoms with Gasteiger partial charge in [-0.1, -0.05) is 13.8 Å². The maximum Gasteiger partial charge on any atom is 0.227 e. The largest absolute Gasteiger partial charge is 0.339 e. The van der Waals surface area contributed by atoms with E-state index in [0.29, 0.717) is 5.69 Å². The fourth-order valence-corrected chi connectivity index (χ4v) is 3.00. The van der Waals surface area contributed by atoms with Crippen LogP contribution in [0.25, 0.3) is 11.5 Å². The van der Waals surface area contributed by atoms with Crippen molar-refractivity contribution in [3.05, 3.63) is 17.6 Å². The first-order valence-electron chi connectivity index (χ1n) is 8.23. The van der Waals surface area contributed by atoms with Gasteiger partial charge in [0.05, 0.1) is 23.3 Å². The van der Waals surface area contributed by atoms with Crippen LogP contribution in [0.15, 0.2) is 6.20 Å². The molecule has 3 rings (SSSR count). The molecule has 0 spiro atoms. The highest BCUT2D eigenvalue weighted by Crippen LogP contribution is 2.27. The lowest BCUT2D eigenvalue weighted by Crippen LogP contribution is -2.26. The molecule has 0 aliphatic carbocycles. The molecule has 0 radical (unpaired) electrons. The second kappa shape index (κ2) is 6.54. The molecule has 3 heterocycles. The highest BCUT2D eigenvalue weighted by Gasteiger charge is 2.22. The normalized spacial score (nSPS) is 15.0. The van der Waals surface area contributed by atoms with Crippen LogP contribution in [0.3, 0.4) is 0 Å². The van der Waals surface area contributed by atoms with Crippen LogP contribution in [-0.2, 0) is 17.8 Å². The van der Waals surface area contributed by atoms with E-state index in [9.17, 15) is 4.79 Å². The smallest absolute Gasteiger partial charge is 0.227 e. The summed E-state index contributed by atoms with van der Waals surface area (Å²) in [6.07, 6.45) is 4.24. The third kappa shape index (κ3) is 3.14. The molecule has 7 heteroatoms. The van der Waals surface area contributed by atoms with Gasteiger partial charge in [-0.25, -0.2) is 4.98 Å². The summed E-state index contributed by atoms with van der Waals surface area (Å²) in [5.41, 5.74) is 3.66. The van der Waals surface area contributed by atoms with Gasteiger partial charge in [-0.05, 0) is 19.9 Å². The van der Waals surface area contributed by atoms with E-state index in [1.54, 1.807) is 6.20 Å². The van der Waals surface area contributed by atoms with Crippen LogP contribution in [0.5, 0.6) is 0 Å². The Bertz CT molecular complexity index is 685. The average molecular weight is 316 g/mol. The summed E-state index contributed by atoms with van der Waals surface area (Å²) in [5, 5.41) is 10.0. The van der Waals surface area contributed by atoms with Crippen LogP contribution in [0.2, 0.25) is 0 Å². The van der Waals surface area contributed by atoms with Gasteiger partial charge in [0, 0.05) is 25.4 Å². The molecule has 0 bridgehead atoms. The number of hydrogen-bond donors (Lipinski definition) is 3. The number of imidazole rings is 1. The molecule has 1 amide bonds. The number of nitrogens with one attached hydrogen (secondary N) is 3. The van der Waals surface area contributed by atoms with Gasteiger partial charge in [0.25, 0.3) is 0 Å². The first kappa shape index (κ1) is 15.7. The van der Waals surface area contributed by atoms with E-state index in [0.717, 1.165) is 55.3 Å². The second-order valence-electron chi connectivity index (χ2n) is 6.16. The van der Waals surface area contributed by atoms with Crippen molar-refractivity contribution in [1.82, 2.24) is 25.1 Å². The van der Waals surface area contributed by atoms with E-state index in [1.165, 1.54) is 0 Å². The van der Waals surface area contributed by atoms with Crippen molar-refractivity contribution in [3.8, 4) is 11.5 Å². The number of H-pyrrole nitrogens is 2. The molecule has 23 heavy (non-hydrogen) atoms. The number of amides is 1. The van der Waals surface area contributed by atoms with Crippen LogP contribution in [0.1, 0.15) is 38.1 Å². The maximum atomic E-state index is 12.3. The van der Waals surface area contributed by atoms with Crippen molar-refractivity contribution in [3.63, 3.8) is 0 Å². The lowest BCUT2D eigenvalue weighted by atomic mass is 10.0. The first-order chi connectivity index (χ1) is 11.1. The van der Waals surface area contributed by atoms with E-state index >= 15 is 0 Å². The second-order valence-corrected chi connectivity index (χ2v) is 6.16. The SMILES string of the molecule is CCC(CC)C(=O)Nc1cn[nH]c1-c1nc2c([nH]1)CN(C)CC2. The Kier molecular flexibility index (Phi) is 4.47. The van der Waals surface area contributed by atoms with Crippen molar-refractivity contribution in [2.24, 2.45) is 5.92 Å². The lowest BCUT2D eigenvalue weighted by molar-refractivity contribution is -0.120. The van der Waals surface area contributed by atoms with Gasteiger partial charge in [0.2, 0.25) is 5.91 Å². The summed E-state index contributed by atoms with van der Waals surface area (Å²) < 4.78 is 0. The zero-order valence-electron chi connectivity index (χ0n) is 13.9. The summed E-state index contributed by atoms with van der Waals surface area (Å²) in [7, 11) is 2.10. The van der Waals surface area contributed by atoms with E-state index < -0.39 is 0 Å². The molecule has 2 aromatic rings. The quantitative estimate of drug-likeness (QED) is 0.788. The number of carbonyl (C=O) groups is 1.